The molecule has 2 aliphatic carbocycles. The lowest BCUT2D eigenvalue weighted by atomic mass is 9.67. The van der Waals surface area contributed by atoms with Crippen LogP contribution in [0.25, 0.3) is 0 Å². The molecule has 0 saturated heterocycles. The van der Waals surface area contributed by atoms with Crippen LogP contribution in [0.1, 0.15) is 44.9 Å². The molecule has 3 atom stereocenters. The fourth-order valence-corrected chi connectivity index (χ4v) is 4.31. The Hall–Kier alpha value is -0.900. The first kappa shape index (κ1) is 15.0. The van der Waals surface area contributed by atoms with Crippen LogP contribution in [0.5, 0.6) is 0 Å². The molecule has 2 fully saturated rings. The van der Waals surface area contributed by atoms with Crippen molar-refractivity contribution in [3.05, 3.63) is 28.5 Å². The number of rotatable bonds is 2. The first-order valence-electron chi connectivity index (χ1n) is 7.89. The molecule has 114 valence electrons. The number of fused-ring (bicyclic) bond motifs is 1. The van der Waals surface area contributed by atoms with Gasteiger partial charge < -0.3 is 5.32 Å². The van der Waals surface area contributed by atoms with Gasteiger partial charge in [-0.15, -0.1) is 0 Å². The van der Waals surface area contributed by atoms with Gasteiger partial charge >= 0.3 is 0 Å². The van der Waals surface area contributed by atoms with Gasteiger partial charge in [0.25, 0.3) is 0 Å². The monoisotopic (exact) mass is 353 g/mol. The Balaban J connectivity index is 1.61. The van der Waals surface area contributed by atoms with E-state index in [0.29, 0.717) is 10.2 Å². The molecule has 4 heteroatoms. The second kappa shape index (κ2) is 6.47. The molecule has 1 amide bonds. The predicted octanol–water partition coefficient (Wildman–Crippen LogP) is 5.13. The van der Waals surface area contributed by atoms with Crippen LogP contribution >= 0.6 is 15.9 Å². The molecule has 1 aromatic carbocycles. The van der Waals surface area contributed by atoms with Gasteiger partial charge in [-0.25, -0.2) is 4.39 Å². The van der Waals surface area contributed by atoms with Gasteiger partial charge in [-0.2, -0.15) is 0 Å². The summed E-state index contributed by atoms with van der Waals surface area (Å²) in [7, 11) is 0. The summed E-state index contributed by atoms with van der Waals surface area (Å²) in [6, 6.07) is 4.61. The van der Waals surface area contributed by atoms with Gasteiger partial charge in [0.15, 0.2) is 0 Å². The number of amides is 1. The maximum atomic E-state index is 13.2. The van der Waals surface area contributed by atoms with E-state index in [-0.39, 0.29) is 17.6 Å². The number of halogens is 2. The van der Waals surface area contributed by atoms with Crippen LogP contribution < -0.4 is 5.32 Å². The van der Waals surface area contributed by atoms with Crippen molar-refractivity contribution in [1.29, 1.82) is 0 Å². The summed E-state index contributed by atoms with van der Waals surface area (Å²) < 4.78 is 13.6. The molecule has 0 bridgehead atoms. The largest absolute Gasteiger partial charge is 0.326 e. The third-order valence-corrected chi connectivity index (χ3v) is 5.71. The third kappa shape index (κ3) is 3.47. The van der Waals surface area contributed by atoms with Crippen molar-refractivity contribution in [2.45, 2.75) is 44.9 Å². The molecule has 0 aliphatic heterocycles. The SMILES string of the molecule is O=C(Nc1ccc(F)c(Br)c1)C1CCC2CCCCC2C1. The van der Waals surface area contributed by atoms with Gasteiger partial charge in [-0.1, -0.05) is 25.7 Å². The highest BCUT2D eigenvalue weighted by atomic mass is 79.9. The minimum atomic E-state index is -0.310. The summed E-state index contributed by atoms with van der Waals surface area (Å²) in [5.41, 5.74) is 0.666. The van der Waals surface area contributed by atoms with Crippen LogP contribution in [-0.2, 0) is 4.79 Å². The second-order valence-electron chi connectivity index (χ2n) is 6.43. The molecule has 21 heavy (non-hydrogen) atoms. The van der Waals surface area contributed by atoms with E-state index >= 15 is 0 Å². The van der Waals surface area contributed by atoms with Gasteiger partial charge in [-0.3, -0.25) is 4.79 Å². The lowest BCUT2D eigenvalue weighted by molar-refractivity contribution is -0.122. The van der Waals surface area contributed by atoms with Crippen molar-refractivity contribution in [3.8, 4) is 0 Å². The molecule has 1 aromatic rings. The van der Waals surface area contributed by atoms with Gasteiger partial charge in [0, 0.05) is 11.6 Å². The summed E-state index contributed by atoms with van der Waals surface area (Å²) in [5, 5.41) is 2.94. The molecule has 0 aromatic heterocycles. The minimum absolute atomic E-state index is 0.0949. The van der Waals surface area contributed by atoms with Crippen molar-refractivity contribution >= 4 is 27.5 Å². The van der Waals surface area contributed by atoms with E-state index in [1.165, 1.54) is 38.2 Å². The van der Waals surface area contributed by atoms with Gasteiger partial charge in [0.05, 0.1) is 4.47 Å². The molecule has 1 N–H and O–H groups in total. The highest BCUT2D eigenvalue weighted by molar-refractivity contribution is 9.10. The zero-order chi connectivity index (χ0) is 14.8. The van der Waals surface area contributed by atoms with Crippen LogP contribution in [0.2, 0.25) is 0 Å². The quantitative estimate of drug-likeness (QED) is 0.783. The topological polar surface area (TPSA) is 29.1 Å². The summed E-state index contributed by atoms with van der Waals surface area (Å²) >= 11 is 3.15. The number of nitrogens with one attached hydrogen (secondary N) is 1. The highest BCUT2D eigenvalue weighted by Crippen LogP contribution is 2.42. The summed E-state index contributed by atoms with van der Waals surface area (Å²) in [4.78, 5) is 12.4. The lowest BCUT2D eigenvalue weighted by Gasteiger charge is -2.38. The van der Waals surface area contributed by atoms with E-state index in [2.05, 4.69) is 21.2 Å². The normalized spacial score (nSPS) is 28.8. The fraction of sp³-hybridized carbons (Fsp3) is 0.588. The van der Waals surface area contributed by atoms with Crippen molar-refractivity contribution in [3.63, 3.8) is 0 Å². The average molecular weight is 354 g/mol. The van der Waals surface area contributed by atoms with E-state index in [1.54, 1.807) is 12.1 Å². The maximum absolute atomic E-state index is 13.2. The number of carbonyl (C=O) groups is 1. The van der Waals surface area contributed by atoms with Crippen molar-refractivity contribution in [2.24, 2.45) is 17.8 Å². The van der Waals surface area contributed by atoms with E-state index in [9.17, 15) is 9.18 Å². The Labute approximate surface area is 133 Å². The molecular formula is C17H21BrFNO. The zero-order valence-corrected chi connectivity index (χ0v) is 13.7. The maximum Gasteiger partial charge on any atom is 0.227 e. The molecule has 3 rings (SSSR count). The van der Waals surface area contributed by atoms with E-state index in [4.69, 9.17) is 0 Å². The first-order valence-corrected chi connectivity index (χ1v) is 8.68. The Morgan fingerprint density at radius 3 is 2.67 bits per heavy atom. The Morgan fingerprint density at radius 2 is 1.90 bits per heavy atom. The summed E-state index contributed by atoms with van der Waals surface area (Å²) in [5.74, 6) is 1.49. The summed E-state index contributed by atoms with van der Waals surface area (Å²) in [6.45, 7) is 0. The molecule has 3 unspecified atom stereocenters. The van der Waals surface area contributed by atoms with E-state index in [1.807, 2.05) is 0 Å². The molecular weight excluding hydrogens is 333 g/mol. The minimum Gasteiger partial charge on any atom is -0.326 e. The number of hydrogen-bond acceptors (Lipinski definition) is 1. The van der Waals surface area contributed by atoms with Gasteiger partial charge in [0.2, 0.25) is 5.91 Å². The van der Waals surface area contributed by atoms with Crippen LogP contribution in [0.3, 0.4) is 0 Å². The molecule has 2 aliphatic rings. The van der Waals surface area contributed by atoms with Crippen molar-refractivity contribution in [1.82, 2.24) is 0 Å². The molecule has 0 radical (unpaired) electrons. The zero-order valence-electron chi connectivity index (χ0n) is 12.1. The van der Waals surface area contributed by atoms with Gasteiger partial charge in [0.1, 0.15) is 5.82 Å². The fourth-order valence-electron chi connectivity index (χ4n) is 3.93. The predicted molar refractivity (Wildman–Crippen MR) is 85.5 cm³/mol. The van der Waals surface area contributed by atoms with Gasteiger partial charge in [-0.05, 0) is 65.2 Å². The van der Waals surface area contributed by atoms with Crippen LogP contribution in [0.4, 0.5) is 10.1 Å². The smallest absolute Gasteiger partial charge is 0.227 e. The Bertz CT molecular complexity index is 534. The molecule has 2 nitrogen and oxygen atoms in total. The number of carbonyl (C=O) groups excluding carboxylic acids is 1. The lowest BCUT2D eigenvalue weighted by Crippen LogP contribution is -2.33. The van der Waals surface area contributed by atoms with E-state index < -0.39 is 0 Å². The Kier molecular flexibility index (Phi) is 4.63. The number of benzene rings is 1. The van der Waals surface area contributed by atoms with Crippen molar-refractivity contribution in [2.75, 3.05) is 5.32 Å². The van der Waals surface area contributed by atoms with Crippen LogP contribution in [0, 0.1) is 23.6 Å². The molecule has 2 saturated carbocycles. The number of anilines is 1. The molecule has 0 spiro atoms. The third-order valence-electron chi connectivity index (χ3n) is 5.10. The standard InChI is InChI=1S/C17H21BrFNO/c18-15-10-14(7-8-16(15)19)20-17(21)13-6-5-11-3-1-2-4-12(11)9-13/h7-8,10-13H,1-6,9H2,(H,20,21). The Morgan fingerprint density at radius 1 is 1.14 bits per heavy atom. The summed E-state index contributed by atoms with van der Waals surface area (Å²) in [6.07, 6.45) is 8.53. The second-order valence-corrected chi connectivity index (χ2v) is 7.29. The average Bonchev–Trinajstić information content (AvgIpc) is 2.50. The van der Waals surface area contributed by atoms with Crippen LogP contribution in [-0.4, -0.2) is 5.91 Å². The first-order chi connectivity index (χ1) is 10.1. The van der Waals surface area contributed by atoms with Crippen LogP contribution in [0.15, 0.2) is 22.7 Å². The van der Waals surface area contributed by atoms with Crippen molar-refractivity contribution < 1.29 is 9.18 Å². The van der Waals surface area contributed by atoms with E-state index in [0.717, 1.165) is 24.7 Å². The number of hydrogen-bond donors (Lipinski definition) is 1. The molecule has 0 heterocycles. The highest BCUT2D eigenvalue weighted by Gasteiger charge is 2.34.